The lowest BCUT2D eigenvalue weighted by Gasteiger charge is -2.13. The summed E-state index contributed by atoms with van der Waals surface area (Å²) < 4.78 is 31.3. The van der Waals surface area contributed by atoms with E-state index in [9.17, 15) is 8.42 Å². The van der Waals surface area contributed by atoms with Crippen LogP contribution in [0.3, 0.4) is 0 Å². The second-order valence-corrected chi connectivity index (χ2v) is 6.25. The van der Waals surface area contributed by atoms with Crippen molar-refractivity contribution in [3.63, 3.8) is 0 Å². The first-order valence-corrected chi connectivity index (χ1v) is 7.85. The molecular formula is C11H17NO3S2. The molecule has 0 aromatic heterocycles. The van der Waals surface area contributed by atoms with Crippen LogP contribution in [0, 0.1) is 0 Å². The lowest BCUT2D eigenvalue weighted by atomic mass is 10.4. The first-order chi connectivity index (χ1) is 7.99. The maximum Gasteiger partial charge on any atom is 0.240 e. The molecule has 1 atom stereocenters. The van der Waals surface area contributed by atoms with E-state index < -0.39 is 10.0 Å². The number of thioether (sulfide) groups is 1. The molecule has 0 fully saturated rings. The smallest absolute Gasteiger partial charge is 0.240 e. The third-order valence-corrected chi connectivity index (χ3v) is 4.49. The second kappa shape index (κ2) is 6.39. The molecule has 1 rings (SSSR count). The molecule has 0 aliphatic carbocycles. The molecule has 0 aliphatic heterocycles. The molecule has 1 aromatic carbocycles. The average molecular weight is 275 g/mol. The van der Waals surface area contributed by atoms with E-state index in [0.717, 1.165) is 4.90 Å². The molecule has 0 aliphatic rings. The highest BCUT2D eigenvalue weighted by Crippen LogP contribution is 2.17. The fourth-order valence-corrected chi connectivity index (χ4v) is 3.01. The number of sulfonamides is 1. The molecule has 0 amide bonds. The monoisotopic (exact) mass is 275 g/mol. The molecule has 4 nitrogen and oxygen atoms in total. The topological polar surface area (TPSA) is 55.4 Å². The van der Waals surface area contributed by atoms with Gasteiger partial charge in [-0.3, -0.25) is 0 Å². The van der Waals surface area contributed by atoms with Gasteiger partial charge < -0.3 is 4.74 Å². The average Bonchev–Trinajstić information content (AvgIpc) is 2.28. The largest absolute Gasteiger partial charge is 0.383 e. The predicted octanol–water partition coefficient (Wildman–Crippen LogP) is 1.72. The first kappa shape index (κ1) is 14.5. The van der Waals surface area contributed by atoms with Crippen molar-refractivity contribution in [1.29, 1.82) is 0 Å². The van der Waals surface area contributed by atoms with Gasteiger partial charge in [-0.1, -0.05) is 0 Å². The van der Waals surface area contributed by atoms with Crippen molar-refractivity contribution in [2.45, 2.75) is 22.8 Å². The lowest BCUT2D eigenvalue weighted by molar-refractivity contribution is 0.180. The quantitative estimate of drug-likeness (QED) is 0.803. The first-order valence-electron chi connectivity index (χ1n) is 5.15. The number of ether oxygens (including phenoxy) is 1. The molecule has 0 radical (unpaired) electrons. The molecule has 6 heteroatoms. The van der Waals surface area contributed by atoms with Crippen molar-refractivity contribution in [2.24, 2.45) is 0 Å². The van der Waals surface area contributed by atoms with Crippen LogP contribution in [0.2, 0.25) is 0 Å². The zero-order valence-corrected chi connectivity index (χ0v) is 11.8. The van der Waals surface area contributed by atoms with E-state index in [2.05, 4.69) is 4.72 Å². The van der Waals surface area contributed by atoms with Crippen LogP contribution in [0.15, 0.2) is 34.1 Å². The van der Waals surface area contributed by atoms with Crippen LogP contribution in [-0.4, -0.2) is 34.4 Å². The Hall–Kier alpha value is -0.560. The number of nitrogens with one attached hydrogen (secondary N) is 1. The van der Waals surface area contributed by atoms with Crippen LogP contribution >= 0.6 is 11.8 Å². The fraction of sp³-hybridized carbons (Fsp3) is 0.455. The highest BCUT2D eigenvalue weighted by molar-refractivity contribution is 7.98. The Morgan fingerprint density at radius 3 is 2.41 bits per heavy atom. The van der Waals surface area contributed by atoms with E-state index in [1.165, 1.54) is 7.11 Å². The normalized spacial score (nSPS) is 13.6. The standard InChI is InChI=1S/C11H17NO3S2/c1-9(8-15-2)12-17(13,14)11-6-4-10(16-3)5-7-11/h4-7,9,12H,8H2,1-3H3/t9-/m1/s1. The maximum absolute atomic E-state index is 11.9. The highest BCUT2D eigenvalue weighted by atomic mass is 32.2. The van der Waals surface area contributed by atoms with Gasteiger partial charge in [-0.2, -0.15) is 0 Å². The SMILES string of the molecule is COC[C@@H](C)NS(=O)(=O)c1ccc(SC)cc1. The molecule has 1 aromatic rings. The summed E-state index contributed by atoms with van der Waals surface area (Å²) in [4.78, 5) is 1.31. The van der Waals surface area contributed by atoms with Crippen molar-refractivity contribution >= 4 is 21.8 Å². The number of hydrogen-bond donors (Lipinski definition) is 1. The van der Waals surface area contributed by atoms with Gasteiger partial charge in [0.2, 0.25) is 10.0 Å². The summed E-state index contributed by atoms with van der Waals surface area (Å²) in [6, 6.07) is 6.55. The van der Waals surface area contributed by atoms with Crippen LogP contribution in [0.5, 0.6) is 0 Å². The van der Waals surface area contributed by atoms with Crippen LogP contribution < -0.4 is 4.72 Å². The summed E-state index contributed by atoms with van der Waals surface area (Å²) in [5, 5.41) is 0. The summed E-state index contributed by atoms with van der Waals surface area (Å²) in [6.45, 7) is 2.11. The van der Waals surface area contributed by atoms with Gasteiger partial charge in [0, 0.05) is 18.0 Å². The Kier molecular flexibility index (Phi) is 5.45. The van der Waals surface area contributed by atoms with Gasteiger partial charge in [0.25, 0.3) is 0 Å². The van der Waals surface area contributed by atoms with Crippen LogP contribution in [0.4, 0.5) is 0 Å². The molecule has 0 spiro atoms. The minimum absolute atomic E-state index is 0.245. The Bertz CT molecular complexity index is 442. The van der Waals surface area contributed by atoms with Crippen molar-refractivity contribution in [1.82, 2.24) is 4.72 Å². The van der Waals surface area contributed by atoms with E-state index in [1.54, 1.807) is 43.0 Å². The third kappa shape index (κ3) is 4.31. The number of methoxy groups -OCH3 is 1. The summed E-state index contributed by atoms with van der Waals surface area (Å²) in [6.07, 6.45) is 1.95. The van der Waals surface area contributed by atoms with Gasteiger partial charge in [0.1, 0.15) is 0 Å². The second-order valence-electron chi connectivity index (χ2n) is 3.65. The van der Waals surface area contributed by atoms with Gasteiger partial charge in [-0.05, 0) is 37.4 Å². The minimum Gasteiger partial charge on any atom is -0.383 e. The van der Waals surface area contributed by atoms with E-state index in [1.807, 2.05) is 6.26 Å². The van der Waals surface area contributed by atoms with Gasteiger partial charge in [0.05, 0.1) is 11.5 Å². The van der Waals surface area contributed by atoms with Crippen LogP contribution in [0.25, 0.3) is 0 Å². The van der Waals surface area contributed by atoms with Gasteiger partial charge in [-0.25, -0.2) is 13.1 Å². The van der Waals surface area contributed by atoms with Gasteiger partial charge in [0.15, 0.2) is 0 Å². The predicted molar refractivity (Wildman–Crippen MR) is 69.9 cm³/mol. The number of benzene rings is 1. The molecular weight excluding hydrogens is 258 g/mol. The maximum atomic E-state index is 11.9. The van der Waals surface area contributed by atoms with Crippen molar-refractivity contribution < 1.29 is 13.2 Å². The van der Waals surface area contributed by atoms with Gasteiger partial charge in [-0.15, -0.1) is 11.8 Å². The molecule has 0 saturated carbocycles. The van der Waals surface area contributed by atoms with Crippen molar-refractivity contribution in [3.05, 3.63) is 24.3 Å². The van der Waals surface area contributed by atoms with E-state index in [0.29, 0.717) is 6.61 Å². The fourth-order valence-electron chi connectivity index (χ4n) is 1.37. The van der Waals surface area contributed by atoms with E-state index >= 15 is 0 Å². The van der Waals surface area contributed by atoms with Crippen molar-refractivity contribution in [3.8, 4) is 0 Å². The van der Waals surface area contributed by atoms with Gasteiger partial charge >= 0.3 is 0 Å². The van der Waals surface area contributed by atoms with Crippen LogP contribution in [0.1, 0.15) is 6.92 Å². The number of rotatable bonds is 6. The Balaban J connectivity index is 2.82. The van der Waals surface area contributed by atoms with Crippen molar-refractivity contribution in [2.75, 3.05) is 20.0 Å². The molecule has 17 heavy (non-hydrogen) atoms. The Labute approximate surface area is 107 Å². The summed E-state index contributed by atoms with van der Waals surface area (Å²) in [5.41, 5.74) is 0. The summed E-state index contributed by atoms with van der Waals surface area (Å²) >= 11 is 1.57. The highest BCUT2D eigenvalue weighted by Gasteiger charge is 2.16. The molecule has 96 valence electrons. The summed E-state index contributed by atoms with van der Waals surface area (Å²) in [7, 11) is -1.91. The molecule has 0 bridgehead atoms. The van der Waals surface area contributed by atoms with E-state index in [-0.39, 0.29) is 10.9 Å². The van der Waals surface area contributed by atoms with E-state index in [4.69, 9.17) is 4.74 Å². The summed E-state index contributed by atoms with van der Waals surface area (Å²) in [5.74, 6) is 0. The Morgan fingerprint density at radius 2 is 1.94 bits per heavy atom. The molecule has 1 N–H and O–H groups in total. The zero-order valence-electron chi connectivity index (χ0n) is 10.1. The molecule has 0 heterocycles. The molecule has 0 saturated heterocycles. The van der Waals surface area contributed by atoms with Crippen LogP contribution in [-0.2, 0) is 14.8 Å². The zero-order chi connectivity index (χ0) is 12.9. The number of hydrogen-bond acceptors (Lipinski definition) is 4. The Morgan fingerprint density at radius 1 is 1.35 bits per heavy atom. The minimum atomic E-state index is -3.45. The molecule has 0 unspecified atom stereocenters. The lowest BCUT2D eigenvalue weighted by Crippen LogP contribution is -2.35. The third-order valence-electron chi connectivity index (χ3n) is 2.14.